The maximum atomic E-state index is 13.8. The summed E-state index contributed by atoms with van der Waals surface area (Å²) in [6.07, 6.45) is 0. The number of aliphatic imine (C=N–C) groups is 1. The quantitative estimate of drug-likeness (QED) is 0.595. The molecule has 0 saturated carbocycles. The van der Waals surface area contributed by atoms with Gasteiger partial charge in [-0.2, -0.15) is 0 Å². The topological polar surface area (TPSA) is 45.7 Å². The van der Waals surface area contributed by atoms with Crippen LogP contribution in [0, 0.1) is 5.82 Å². The van der Waals surface area contributed by atoms with E-state index < -0.39 is 0 Å². The van der Waals surface area contributed by atoms with Crippen molar-refractivity contribution in [1.29, 1.82) is 0 Å². The van der Waals surface area contributed by atoms with Crippen molar-refractivity contribution < 1.29 is 9.13 Å². The zero-order valence-corrected chi connectivity index (χ0v) is 15.5. The van der Waals surface area contributed by atoms with E-state index in [-0.39, 0.29) is 17.6 Å². The molecule has 128 valence electrons. The van der Waals surface area contributed by atoms with Crippen molar-refractivity contribution in [2.45, 2.75) is 19.5 Å². The molecule has 0 radical (unpaired) electrons. The van der Waals surface area contributed by atoms with E-state index in [0.29, 0.717) is 12.5 Å². The van der Waals surface area contributed by atoms with Gasteiger partial charge in [0.05, 0.1) is 13.2 Å². The summed E-state index contributed by atoms with van der Waals surface area (Å²) >= 11 is 3.42. The first-order valence-electron chi connectivity index (χ1n) is 7.58. The maximum Gasteiger partial charge on any atom is 0.191 e. The number of nitrogens with one attached hydrogen (secondary N) is 2. The molecule has 2 rings (SSSR count). The molecule has 0 bridgehead atoms. The van der Waals surface area contributed by atoms with Gasteiger partial charge in [0, 0.05) is 18.1 Å². The standard InChI is InChI=1S/C18H21BrFN3O/c1-12(14-6-9-17(24-3)16(20)10-14)23-18(21-2)22-11-13-4-7-15(19)8-5-13/h4-10,12H,11H2,1-3H3,(H2,21,22,23). The Balaban J connectivity index is 1.96. The van der Waals surface area contributed by atoms with Gasteiger partial charge in [0.15, 0.2) is 17.5 Å². The molecule has 0 amide bonds. The fourth-order valence-electron chi connectivity index (χ4n) is 2.22. The lowest BCUT2D eigenvalue weighted by Gasteiger charge is -2.19. The van der Waals surface area contributed by atoms with Crippen LogP contribution in [-0.2, 0) is 6.54 Å². The maximum absolute atomic E-state index is 13.8. The number of nitrogens with zero attached hydrogens (tertiary/aromatic N) is 1. The largest absolute Gasteiger partial charge is 0.494 e. The number of benzene rings is 2. The smallest absolute Gasteiger partial charge is 0.191 e. The van der Waals surface area contributed by atoms with Crippen LogP contribution in [0.4, 0.5) is 4.39 Å². The Morgan fingerprint density at radius 2 is 1.96 bits per heavy atom. The van der Waals surface area contributed by atoms with Gasteiger partial charge >= 0.3 is 0 Å². The van der Waals surface area contributed by atoms with Crippen LogP contribution >= 0.6 is 15.9 Å². The highest BCUT2D eigenvalue weighted by molar-refractivity contribution is 9.10. The number of guanidine groups is 1. The summed E-state index contributed by atoms with van der Waals surface area (Å²) in [7, 11) is 3.16. The molecule has 0 heterocycles. The highest BCUT2D eigenvalue weighted by Gasteiger charge is 2.11. The zero-order chi connectivity index (χ0) is 17.5. The molecule has 1 atom stereocenters. The molecule has 0 fully saturated rings. The summed E-state index contributed by atoms with van der Waals surface area (Å²) in [4.78, 5) is 4.21. The first-order valence-corrected chi connectivity index (χ1v) is 8.38. The highest BCUT2D eigenvalue weighted by Crippen LogP contribution is 2.21. The zero-order valence-electron chi connectivity index (χ0n) is 13.9. The lowest BCUT2D eigenvalue weighted by molar-refractivity contribution is 0.386. The minimum Gasteiger partial charge on any atom is -0.494 e. The molecule has 0 saturated heterocycles. The van der Waals surface area contributed by atoms with Crippen LogP contribution in [0.2, 0.25) is 0 Å². The summed E-state index contributed by atoms with van der Waals surface area (Å²) in [6, 6.07) is 12.9. The molecule has 4 nitrogen and oxygen atoms in total. The first kappa shape index (κ1) is 18.3. The number of rotatable bonds is 5. The molecule has 24 heavy (non-hydrogen) atoms. The van der Waals surface area contributed by atoms with Gasteiger partial charge in [-0.1, -0.05) is 34.1 Å². The second kappa shape index (κ2) is 8.68. The molecule has 6 heteroatoms. The lowest BCUT2D eigenvalue weighted by Crippen LogP contribution is -2.38. The normalized spacial score (nSPS) is 12.6. The van der Waals surface area contributed by atoms with Crippen molar-refractivity contribution in [3.8, 4) is 5.75 Å². The van der Waals surface area contributed by atoms with Crippen LogP contribution in [0.5, 0.6) is 5.75 Å². The monoisotopic (exact) mass is 393 g/mol. The average molecular weight is 394 g/mol. The van der Waals surface area contributed by atoms with E-state index in [1.807, 2.05) is 37.3 Å². The molecule has 0 aromatic heterocycles. The number of hydrogen-bond donors (Lipinski definition) is 2. The molecular formula is C18H21BrFN3O. The summed E-state index contributed by atoms with van der Waals surface area (Å²) in [5.41, 5.74) is 1.96. The fourth-order valence-corrected chi connectivity index (χ4v) is 2.49. The number of hydrogen-bond acceptors (Lipinski definition) is 2. The predicted molar refractivity (Wildman–Crippen MR) is 98.8 cm³/mol. The van der Waals surface area contributed by atoms with Crippen molar-refractivity contribution in [3.63, 3.8) is 0 Å². The molecule has 1 unspecified atom stereocenters. The number of methoxy groups -OCH3 is 1. The van der Waals surface area contributed by atoms with E-state index in [2.05, 4.69) is 31.6 Å². The van der Waals surface area contributed by atoms with E-state index in [9.17, 15) is 4.39 Å². The van der Waals surface area contributed by atoms with Crippen LogP contribution in [-0.4, -0.2) is 20.1 Å². The van der Waals surface area contributed by atoms with Gasteiger partial charge in [-0.3, -0.25) is 4.99 Å². The average Bonchev–Trinajstić information content (AvgIpc) is 2.59. The minimum atomic E-state index is -0.374. The third-order valence-electron chi connectivity index (χ3n) is 3.63. The van der Waals surface area contributed by atoms with Crippen molar-refractivity contribution in [2.75, 3.05) is 14.2 Å². The Bertz CT molecular complexity index is 704. The van der Waals surface area contributed by atoms with Gasteiger partial charge in [-0.25, -0.2) is 4.39 Å². The van der Waals surface area contributed by atoms with Crippen LogP contribution in [0.1, 0.15) is 24.1 Å². The van der Waals surface area contributed by atoms with Gasteiger partial charge in [-0.05, 0) is 42.3 Å². The van der Waals surface area contributed by atoms with Gasteiger partial charge < -0.3 is 15.4 Å². The van der Waals surface area contributed by atoms with Gasteiger partial charge in [0.25, 0.3) is 0 Å². The summed E-state index contributed by atoms with van der Waals surface area (Å²) in [5, 5.41) is 6.50. The van der Waals surface area contributed by atoms with Crippen LogP contribution in [0.15, 0.2) is 51.9 Å². The molecule has 2 aromatic rings. The summed E-state index contributed by atoms with van der Waals surface area (Å²) in [5.74, 6) is 0.520. The Morgan fingerprint density at radius 3 is 2.54 bits per heavy atom. The van der Waals surface area contributed by atoms with Gasteiger partial charge in [-0.15, -0.1) is 0 Å². The van der Waals surface area contributed by atoms with E-state index in [1.165, 1.54) is 13.2 Å². The molecule has 0 spiro atoms. The van der Waals surface area contributed by atoms with Crippen molar-refractivity contribution in [1.82, 2.24) is 10.6 Å². The number of halogens is 2. The lowest BCUT2D eigenvalue weighted by atomic mass is 10.1. The Hall–Kier alpha value is -2.08. The second-order valence-corrected chi connectivity index (χ2v) is 6.23. The Kier molecular flexibility index (Phi) is 6.61. The van der Waals surface area contributed by atoms with Gasteiger partial charge in [0.2, 0.25) is 0 Å². The molecular weight excluding hydrogens is 373 g/mol. The highest BCUT2D eigenvalue weighted by atomic mass is 79.9. The van der Waals surface area contributed by atoms with E-state index in [1.54, 1.807) is 13.1 Å². The fraction of sp³-hybridized carbons (Fsp3) is 0.278. The van der Waals surface area contributed by atoms with E-state index in [0.717, 1.165) is 15.6 Å². The number of ether oxygens (including phenoxy) is 1. The van der Waals surface area contributed by atoms with Crippen molar-refractivity contribution >= 4 is 21.9 Å². The SMILES string of the molecule is CN=C(NCc1ccc(Br)cc1)NC(C)c1ccc(OC)c(F)c1. The van der Waals surface area contributed by atoms with Crippen molar-refractivity contribution in [2.24, 2.45) is 4.99 Å². The second-order valence-electron chi connectivity index (χ2n) is 5.31. The van der Waals surface area contributed by atoms with Crippen LogP contribution in [0.25, 0.3) is 0 Å². The molecule has 0 aliphatic heterocycles. The first-order chi connectivity index (χ1) is 11.5. The summed E-state index contributed by atoms with van der Waals surface area (Å²) in [6.45, 7) is 2.60. The third kappa shape index (κ3) is 4.96. The Morgan fingerprint density at radius 1 is 1.25 bits per heavy atom. The van der Waals surface area contributed by atoms with Crippen LogP contribution < -0.4 is 15.4 Å². The van der Waals surface area contributed by atoms with Crippen molar-refractivity contribution in [3.05, 3.63) is 63.9 Å². The molecule has 0 aliphatic rings. The molecule has 2 N–H and O–H groups in total. The molecule has 0 aliphatic carbocycles. The third-order valence-corrected chi connectivity index (χ3v) is 4.15. The van der Waals surface area contributed by atoms with E-state index >= 15 is 0 Å². The van der Waals surface area contributed by atoms with Crippen LogP contribution in [0.3, 0.4) is 0 Å². The van der Waals surface area contributed by atoms with E-state index in [4.69, 9.17) is 4.74 Å². The Labute approximate surface area is 150 Å². The summed E-state index contributed by atoms with van der Waals surface area (Å²) < 4.78 is 19.8. The molecule has 2 aromatic carbocycles. The minimum absolute atomic E-state index is 0.0958. The predicted octanol–water partition coefficient (Wildman–Crippen LogP) is 4.02. The van der Waals surface area contributed by atoms with Gasteiger partial charge in [0.1, 0.15) is 0 Å².